The van der Waals surface area contributed by atoms with Gasteiger partial charge in [0.25, 0.3) is 6.43 Å². The molecule has 0 bridgehead atoms. The fraction of sp³-hybridized carbons (Fsp3) is 0.560. The third kappa shape index (κ3) is 4.62. The van der Waals surface area contributed by atoms with Gasteiger partial charge in [-0.15, -0.1) is 0 Å². The van der Waals surface area contributed by atoms with E-state index in [1.807, 2.05) is 4.90 Å². The van der Waals surface area contributed by atoms with Crippen LogP contribution in [0, 0.1) is 5.92 Å². The van der Waals surface area contributed by atoms with Crippen LogP contribution >= 0.6 is 0 Å². The first kappa shape index (κ1) is 23.5. The number of nitrogens with zero attached hydrogens (tertiary/aromatic N) is 5. The zero-order chi connectivity index (χ0) is 24.5. The van der Waals surface area contributed by atoms with E-state index in [0.29, 0.717) is 80.7 Å². The van der Waals surface area contributed by atoms with Crippen LogP contribution in [-0.4, -0.2) is 71.4 Å². The van der Waals surface area contributed by atoms with E-state index in [1.165, 1.54) is 4.57 Å². The first-order valence-electron chi connectivity index (χ1n) is 12.5. The van der Waals surface area contributed by atoms with Crippen LogP contribution in [0.4, 0.5) is 14.7 Å². The number of rotatable bonds is 6. The number of para-hydroxylation sites is 2. The Hall–Kier alpha value is -2.89. The molecule has 11 heteroatoms. The number of aromatic nitrogens is 4. The summed E-state index contributed by atoms with van der Waals surface area (Å²) in [5, 5.41) is 0. The van der Waals surface area contributed by atoms with Crippen LogP contribution in [0.1, 0.15) is 37.9 Å². The van der Waals surface area contributed by atoms with Crippen molar-refractivity contribution in [1.29, 1.82) is 0 Å². The Labute approximate surface area is 207 Å². The molecule has 0 N–H and O–H groups in total. The third-order valence-corrected chi connectivity index (χ3v) is 7.13. The summed E-state index contributed by atoms with van der Waals surface area (Å²) in [6, 6.07) is 8.67. The van der Waals surface area contributed by atoms with E-state index in [4.69, 9.17) is 18.9 Å². The highest BCUT2D eigenvalue weighted by Crippen LogP contribution is 2.38. The number of ether oxygens (including phenoxy) is 4. The molecule has 9 nitrogen and oxygen atoms in total. The normalized spacial score (nSPS) is 20.6. The maximum atomic E-state index is 14.0. The second kappa shape index (κ2) is 9.87. The molecule has 2 aliphatic heterocycles. The first-order valence-corrected chi connectivity index (χ1v) is 12.5. The molecule has 3 fully saturated rings. The molecule has 3 aliphatic rings. The quantitative estimate of drug-likeness (QED) is 0.503. The minimum Gasteiger partial charge on any atom is -0.477 e. The summed E-state index contributed by atoms with van der Waals surface area (Å²) in [6.07, 6.45) is 0.770. The highest BCUT2D eigenvalue weighted by atomic mass is 19.3. The predicted octanol–water partition coefficient (Wildman–Crippen LogP) is 3.90. The van der Waals surface area contributed by atoms with Gasteiger partial charge in [0.15, 0.2) is 11.6 Å². The number of benzene rings is 1. The van der Waals surface area contributed by atoms with Crippen molar-refractivity contribution in [3.63, 3.8) is 0 Å². The number of hydrogen-bond acceptors (Lipinski definition) is 8. The van der Waals surface area contributed by atoms with Crippen LogP contribution in [0.2, 0.25) is 0 Å². The number of morpholine rings is 1. The smallest absolute Gasteiger partial charge is 0.296 e. The Bertz CT molecular complexity index is 1200. The van der Waals surface area contributed by atoms with Crippen molar-refractivity contribution in [2.75, 3.05) is 51.0 Å². The van der Waals surface area contributed by atoms with Crippen molar-refractivity contribution in [3.8, 4) is 11.7 Å². The second-order valence-electron chi connectivity index (χ2n) is 9.42. The average Bonchev–Trinajstić information content (AvgIpc) is 3.54. The topological polar surface area (TPSA) is 83.8 Å². The Morgan fingerprint density at radius 3 is 2.50 bits per heavy atom. The summed E-state index contributed by atoms with van der Waals surface area (Å²) in [4.78, 5) is 15.5. The van der Waals surface area contributed by atoms with E-state index in [9.17, 15) is 8.78 Å². The molecule has 4 heterocycles. The van der Waals surface area contributed by atoms with Gasteiger partial charge < -0.3 is 23.8 Å². The minimum atomic E-state index is -2.77. The molecular formula is C25H29F2N5O4. The molecule has 1 aliphatic carbocycles. The van der Waals surface area contributed by atoms with E-state index in [2.05, 4.69) is 15.0 Å². The van der Waals surface area contributed by atoms with E-state index in [-0.39, 0.29) is 5.82 Å². The monoisotopic (exact) mass is 501 g/mol. The standard InChI is InChI=1S/C25H29F2N5O4/c26-22(27)23-28-18-3-1-2-4-19(18)32(23)20-15-21(30-24(29-20)31-9-11-33-12-10-31)34-16-17-5-7-25(8-6-17)35-13-14-36-25/h1-4,15,17,22H,5-14,16H2. The lowest BCUT2D eigenvalue weighted by atomic mass is 9.85. The average molecular weight is 502 g/mol. The van der Waals surface area contributed by atoms with Gasteiger partial charge in [-0.2, -0.15) is 9.97 Å². The zero-order valence-electron chi connectivity index (χ0n) is 19.9. The molecule has 0 amide bonds. The number of fused-ring (bicyclic) bond motifs is 1. The van der Waals surface area contributed by atoms with Gasteiger partial charge in [-0.3, -0.25) is 4.57 Å². The van der Waals surface area contributed by atoms with Gasteiger partial charge in [0.1, 0.15) is 5.82 Å². The summed E-state index contributed by atoms with van der Waals surface area (Å²) in [5.74, 6) is 0.645. The lowest BCUT2D eigenvalue weighted by molar-refractivity contribution is -0.183. The van der Waals surface area contributed by atoms with E-state index < -0.39 is 12.2 Å². The lowest BCUT2D eigenvalue weighted by Gasteiger charge is -2.35. The van der Waals surface area contributed by atoms with Crippen molar-refractivity contribution in [3.05, 3.63) is 36.2 Å². The third-order valence-electron chi connectivity index (χ3n) is 7.13. The molecule has 3 aromatic rings. The van der Waals surface area contributed by atoms with Crippen molar-refractivity contribution in [2.24, 2.45) is 5.92 Å². The zero-order valence-corrected chi connectivity index (χ0v) is 19.9. The molecule has 192 valence electrons. The maximum Gasteiger partial charge on any atom is 0.296 e. The van der Waals surface area contributed by atoms with Crippen LogP contribution < -0.4 is 9.64 Å². The van der Waals surface area contributed by atoms with Crippen molar-refractivity contribution < 1.29 is 27.7 Å². The summed E-state index contributed by atoms with van der Waals surface area (Å²) in [6.45, 7) is 4.10. The molecular weight excluding hydrogens is 472 g/mol. The van der Waals surface area contributed by atoms with Gasteiger partial charge in [-0.05, 0) is 30.9 Å². The molecule has 0 unspecified atom stereocenters. The summed E-state index contributed by atoms with van der Waals surface area (Å²) in [5.41, 5.74) is 1.04. The molecule has 36 heavy (non-hydrogen) atoms. The van der Waals surface area contributed by atoms with Crippen LogP contribution in [0.15, 0.2) is 30.3 Å². The fourth-order valence-electron chi connectivity index (χ4n) is 5.20. The number of hydrogen-bond donors (Lipinski definition) is 0. The molecule has 1 aromatic carbocycles. The molecule has 1 saturated carbocycles. The highest BCUT2D eigenvalue weighted by Gasteiger charge is 2.40. The Kier molecular flexibility index (Phi) is 6.44. The lowest BCUT2D eigenvalue weighted by Crippen LogP contribution is -2.37. The largest absolute Gasteiger partial charge is 0.477 e. The van der Waals surface area contributed by atoms with E-state index in [0.717, 1.165) is 25.7 Å². The Morgan fingerprint density at radius 1 is 1.00 bits per heavy atom. The molecule has 2 aromatic heterocycles. The summed E-state index contributed by atoms with van der Waals surface area (Å²) >= 11 is 0. The fourth-order valence-corrected chi connectivity index (χ4v) is 5.20. The van der Waals surface area contributed by atoms with E-state index >= 15 is 0 Å². The van der Waals surface area contributed by atoms with Gasteiger partial charge in [0.05, 0.1) is 44.1 Å². The van der Waals surface area contributed by atoms with Crippen LogP contribution in [0.3, 0.4) is 0 Å². The van der Waals surface area contributed by atoms with Crippen LogP contribution in [-0.2, 0) is 14.2 Å². The number of alkyl halides is 2. The molecule has 6 rings (SSSR count). The van der Waals surface area contributed by atoms with Gasteiger partial charge in [0, 0.05) is 32.0 Å². The van der Waals surface area contributed by atoms with Crippen LogP contribution in [0.25, 0.3) is 16.9 Å². The number of imidazole rings is 1. The SMILES string of the molecule is FC(F)c1nc2ccccc2n1-c1cc(OCC2CCC3(CC2)OCCO3)nc(N2CCOCC2)n1. The molecule has 2 saturated heterocycles. The molecule has 0 radical (unpaired) electrons. The molecule has 1 spiro atoms. The Balaban J connectivity index is 1.30. The van der Waals surface area contributed by atoms with Crippen molar-refractivity contribution >= 4 is 17.0 Å². The second-order valence-corrected chi connectivity index (χ2v) is 9.42. The van der Waals surface area contributed by atoms with Gasteiger partial charge >= 0.3 is 0 Å². The predicted molar refractivity (Wildman–Crippen MR) is 127 cm³/mol. The van der Waals surface area contributed by atoms with Crippen molar-refractivity contribution in [2.45, 2.75) is 37.9 Å². The van der Waals surface area contributed by atoms with Gasteiger partial charge in [0.2, 0.25) is 11.8 Å². The summed E-state index contributed by atoms with van der Waals surface area (Å²) < 4.78 is 52.7. The minimum absolute atomic E-state index is 0.306. The first-order chi connectivity index (χ1) is 17.6. The van der Waals surface area contributed by atoms with Crippen molar-refractivity contribution in [1.82, 2.24) is 19.5 Å². The Morgan fingerprint density at radius 2 is 1.75 bits per heavy atom. The van der Waals surface area contributed by atoms with Gasteiger partial charge in [-0.25, -0.2) is 13.8 Å². The summed E-state index contributed by atoms with van der Waals surface area (Å²) in [7, 11) is 0. The van der Waals surface area contributed by atoms with Crippen LogP contribution in [0.5, 0.6) is 5.88 Å². The number of halogens is 2. The van der Waals surface area contributed by atoms with E-state index in [1.54, 1.807) is 30.3 Å². The number of anilines is 1. The van der Waals surface area contributed by atoms with Gasteiger partial charge in [-0.1, -0.05) is 12.1 Å². The highest BCUT2D eigenvalue weighted by molar-refractivity contribution is 5.78. The molecule has 0 atom stereocenters. The maximum absolute atomic E-state index is 14.0.